The number of rotatable bonds is 2. The molecular weight excluding hydrogens is 220 g/mol. The van der Waals surface area contributed by atoms with Crippen LogP contribution in [-0.4, -0.2) is 24.2 Å². The van der Waals surface area contributed by atoms with Crippen LogP contribution in [-0.2, 0) is 4.74 Å². The lowest BCUT2D eigenvalue weighted by atomic mass is 10.0. The van der Waals surface area contributed by atoms with E-state index >= 15 is 0 Å². The monoisotopic (exact) mass is 230 g/mol. The second-order valence-corrected chi connectivity index (χ2v) is 3.54. The summed E-state index contributed by atoms with van der Waals surface area (Å²) in [5.41, 5.74) is 0.626. The third kappa shape index (κ3) is 1.97. The Bertz CT molecular complexity index is 601. The first-order valence-electron chi connectivity index (χ1n) is 4.98. The largest absolute Gasteiger partial charge is 0.478 e. The van der Waals surface area contributed by atoms with Crippen molar-refractivity contribution in [3.63, 3.8) is 0 Å². The van der Waals surface area contributed by atoms with Crippen LogP contribution in [0, 0.1) is 0 Å². The molecule has 0 bridgehead atoms. The Morgan fingerprint density at radius 2 is 1.94 bits per heavy atom. The third-order valence-corrected chi connectivity index (χ3v) is 2.53. The molecule has 1 N–H and O–H groups in total. The molecule has 0 radical (unpaired) electrons. The second-order valence-electron chi connectivity index (χ2n) is 3.54. The number of carbonyl (C=O) groups is 2. The molecule has 0 atom stereocenters. The van der Waals surface area contributed by atoms with Crippen LogP contribution >= 0.6 is 0 Å². The first-order chi connectivity index (χ1) is 8.13. The Balaban J connectivity index is 2.67. The van der Waals surface area contributed by atoms with E-state index in [4.69, 9.17) is 5.11 Å². The molecule has 0 saturated carbocycles. The van der Waals surface area contributed by atoms with Gasteiger partial charge >= 0.3 is 11.9 Å². The van der Waals surface area contributed by atoms with E-state index < -0.39 is 11.9 Å². The fraction of sp³-hybridized carbons (Fsp3) is 0.0769. The maximum absolute atomic E-state index is 11.5. The average Bonchev–Trinajstić information content (AvgIpc) is 2.36. The summed E-state index contributed by atoms with van der Waals surface area (Å²) in [7, 11) is 1.31. The zero-order chi connectivity index (χ0) is 12.4. The van der Waals surface area contributed by atoms with Crippen LogP contribution in [0.3, 0.4) is 0 Å². The van der Waals surface area contributed by atoms with Gasteiger partial charge in [-0.3, -0.25) is 0 Å². The molecule has 4 nitrogen and oxygen atoms in total. The lowest BCUT2D eigenvalue weighted by Gasteiger charge is -2.05. The van der Waals surface area contributed by atoms with Gasteiger partial charge in [-0.05, 0) is 29.0 Å². The van der Waals surface area contributed by atoms with Gasteiger partial charge in [-0.25, -0.2) is 9.59 Å². The van der Waals surface area contributed by atoms with Gasteiger partial charge in [-0.2, -0.15) is 0 Å². The Labute approximate surface area is 97.4 Å². The van der Waals surface area contributed by atoms with Crippen LogP contribution in [0.25, 0.3) is 10.8 Å². The number of methoxy groups -OCH3 is 1. The third-order valence-electron chi connectivity index (χ3n) is 2.53. The minimum Gasteiger partial charge on any atom is -0.478 e. The molecule has 2 rings (SSSR count). The molecule has 0 unspecified atom stereocenters. The first-order valence-corrected chi connectivity index (χ1v) is 4.98. The summed E-state index contributed by atoms with van der Waals surface area (Å²) in [5.74, 6) is -1.42. The molecule has 0 aliphatic heterocycles. The maximum Gasteiger partial charge on any atom is 0.338 e. The number of carboxylic acids is 1. The van der Waals surface area contributed by atoms with E-state index in [1.54, 1.807) is 24.3 Å². The van der Waals surface area contributed by atoms with E-state index in [0.29, 0.717) is 16.3 Å². The molecule has 86 valence electrons. The highest BCUT2D eigenvalue weighted by molar-refractivity contribution is 6.06. The highest BCUT2D eigenvalue weighted by Gasteiger charge is 2.11. The zero-order valence-corrected chi connectivity index (χ0v) is 9.14. The van der Waals surface area contributed by atoms with E-state index in [-0.39, 0.29) is 5.56 Å². The Hall–Kier alpha value is -2.36. The summed E-state index contributed by atoms with van der Waals surface area (Å²) < 4.78 is 4.67. The van der Waals surface area contributed by atoms with Gasteiger partial charge in [-0.1, -0.05) is 18.2 Å². The second kappa shape index (κ2) is 4.25. The minimum absolute atomic E-state index is 0.194. The summed E-state index contributed by atoms with van der Waals surface area (Å²) in [6.45, 7) is 0. The molecule has 0 spiro atoms. The molecule has 0 amide bonds. The number of hydrogen-bond acceptors (Lipinski definition) is 3. The standard InChI is InChI=1S/C13H10O4/c1-17-13(16)11-4-2-3-8-7-9(12(14)15)5-6-10(8)11/h2-7H,1H3,(H,14,15). The van der Waals surface area contributed by atoms with Crippen molar-refractivity contribution in [2.45, 2.75) is 0 Å². The number of esters is 1. The number of carboxylic acid groups (broad SMARTS) is 1. The summed E-state index contributed by atoms with van der Waals surface area (Å²) in [6, 6.07) is 9.72. The fourth-order valence-electron chi connectivity index (χ4n) is 1.70. The van der Waals surface area contributed by atoms with E-state index in [0.717, 1.165) is 0 Å². The van der Waals surface area contributed by atoms with Gasteiger partial charge < -0.3 is 9.84 Å². The molecule has 0 aliphatic rings. The molecule has 2 aromatic rings. The molecule has 0 heterocycles. The normalized spacial score (nSPS) is 10.2. The predicted octanol–water partition coefficient (Wildman–Crippen LogP) is 2.32. The number of hydrogen-bond donors (Lipinski definition) is 1. The number of fused-ring (bicyclic) bond motifs is 1. The van der Waals surface area contributed by atoms with Crippen molar-refractivity contribution in [1.29, 1.82) is 0 Å². The van der Waals surface area contributed by atoms with Gasteiger partial charge in [0.1, 0.15) is 0 Å². The van der Waals surface area contributed by atoms with Gasteiger partial charge in [0, 0.05) is 0 Å². The van der Waals surface area contributed by atoms with Crippen LogP contribution in [0.5, 0.6) is 0 Å². The smallest absolute Gasteiger partial charge is 0.338 e. The van der Waals surface area contributed by atoms with Crippen molar-refractivity contribution < 1.29 is 19.4 Å². The summed E-state index contributed by atoms with van der Waals surface area (Å²) in [5, 5.41) is 10.3. The van der Waals surface area contributed by atoms with Crippen molar-refractivity contribution in [2.75, 3.05) is 7.11 Å². The van der Waals surface area contributed by atoms with Gasteiger partial charge in [0.05, 0.1) is 18.2 Å². The van der Waals surface area contributed by atoms with Crippen molar-refractivity contribution in [1.82, 2.24) is 0 Å². The number of benzene rings is 2. The number of aromatic carboxylic acids is 1. The molecule has 0 aromatic heterocycles. The Morgan fingerprint density at radius 1 is 1.18 bits per heavy atom. The van der Waals surface area contributed by atoms with E-state index in [2.05, 4.69) is 4.74 Å². The predicted molar refractivity (Wildman–Crippen MR) is 62.2 cm³/mol. The first kappa shape index (κ1) is 11.1. The summed E-state index contributed by atoms with van der Waals surface area (Å²) in [6.07, 6.45) is 0. The Kier molecular flexibility index (Phi) is 2.78. The molecule has 2 aromatic carbocycles. The van der Waals surface area contributed by atoms with Gasteiger partial charge in [0.25, 0.3) is 0 Å². The summed E-state index contributed by atoms with van der Waals surface area (Å²) in [4.78, 5) is 22.3. The fourth-order valence-corrected chi connectivity index (χ4v) is 1.70. The van der Waals surface area contributed by atoms with Gasteiger partial charge in [0.15, 0.2) is 0 Å². The average molecular weight is 230 g/mol. The molecule has 4 heteroatoms. The van der Waals surface area contributed by atoms with E-state index in [9.17, 15) is 9.59 Å². The molecule has 0 saturated heterocycles. The Morgan fingerprint density at radius 3 is 2.59 bits per heavy atom. The van der Waals surface area contributed by atoms with Crippen molar-refractivity contribution in [3.8, 4) is 0 Å². The van der Waals surface area contributed by atoms with Crippen LogP contribution in [0.1, 0.15) is 20.7 Å². The maximum atomic E-state index is 11.5. The minimum atomic E-state index is -0.990. The highest BCUT2D eigenvalue weighted by Crippen LogP contribution is 2.21. The molecule has 17 heavy (non-hydrogen) atoms. The lowest BCUT2D eigenvalue weighted by Crippen LogP contribution is -2.02. The molecule has 0 aliphatic carbocycles. The van der Waals surface area contributed by atoms with E-state index in [1.165, 1.54) is 19.2 Å². The van der Waals surface area contributed by atoms with Crippen molar-refractivity contribution >= 4 is 22.7 Å². The van der Waals surface area contributed by atoms with Crippen LogP contribution in [0.4, 0.5) is 0 Å². The summed E-state index contributed by atoms with van der Waals surface area (Å²) >= 11 is 0. The number of ether oxygens (including phenoxy) is 1. The quantitative estimate of drug-likeness (QED) is 0.804. The SMILES string of the molecule is COC(=O)c1cccc2cc(C(=O)O)ccc12. The topological polar surface area (TPSA) is 63.6 Å². The van der Waals surface area contributed by atoms with E-state index in [1.807, 2.05) is 0 Å². The van der Waals surface area contributed by atoms with Gasteiger partial charge in [-0.15, -0.1) is 0 Å². The molecule has 0 fully saturated rings. The number of carbonyl (C=O) groups excluding carboxylic acids is 1. The van der Waals surface area contributed by atoms with Crippen LogP contribution in [0.15, 0.2) is 36.4 Å². The van der Waals surface area contributed by atoms with Crippen molar-refractivity contribution in [3.05, 3.63) is 47.5 Å². The van der Waals surface area contributed by atoms with Crippen LogP contribution < -0.4 is 0 Å². The highest BCUT2D eigenvalue weighted by atomic mass is 16.5. The van der Waals surface area contributed by atoms with Crippen LogP contribution in [0.2, 0.25) is 0 Å². The van der Waals surface area contributed by atoms with Gasteiger partial charge in [0.2, 0.25) is 0 Å². The lowest BCUT2D eigenvalue weighted by molar-refractivity contribution is 0.0602. The van der Waals surface area contributed by atoms with Crippen molar-refractivity contribution in [2.24, 2.45) is 0 Å². The zero-order valence-electron chi connectivity index (χ0n) is 9.14. The molecular formula is C13H10O4.